The minimum absolute atomic E-state index is 0.0595. The zero-order valence-corrected chi connectivity index (χ0v) is 19.5. The molecule has 172 valence electrons. The fraction of sp³-hybridized carbons (Fsp3) is 0.731. The number of carbonyl (C=O) groups is 1. The molecule has 1 aromatic carbocycles. The first kappa shape index (κ1) is 22.4. The molecule has 31 heavy (non-hydrogen) atoms. The second kappa shape index (κ2) is 9.81. The van der Waals surface area contributed by atoms with Crippen molar-refractivity contribution in [3.05, 3.63) is 23.8 Å². The first-order valence-corrected chi connectivity index (χ1v) is 12.2. The van der Waals surface area contributed by atoms with Gasteiger partial charge in [0.05, 0.1) is 18.8 Å². The number of methoxy groups -OCH3 is 1. The fourth-order valence-electron chi connectivity index (χ4n) is 5.10. The van der Waals surface area contributed by atoms with Gasteiger partial charge in [0.15, 0.2) is 11.5 Å². The maximum absolute atomic E-state index is 13.4. The van der Waals surface area contributed by atoms with Crippen LogP contribution in [0.15, 0.2) is 18.2 Å². The van der Waals surface area contributed by atoms with Gasteiger partial charge < -0.3 is 19.1 Å². The van der Waals surface area contributed by atoms with Gasteiger partial charge in [-0.1, -0.05) is 18.9 Å². The van der Waals surface area contributed by atoms with Crippen molar-refractivity contribution in [3.8, 4) is 11.5 Å². The van der Waals surface area contributed by atoms with E-state index in [-0.39, 0.29) is 17.6 Å². The average molecular weight is 430 g/mol. The third-order valence-electron chi connectivity index (χ3n) is 6.99. The SMILES string of the molecule is COc1ccc(CN(C(=O)C2CCOC(C)(C)C2)C2CC2)cc1OC1CCCCCC1. The Hall–Kier alpha value is -1.75. The summed E-state index contributed by atoms with van der Waals surface area (Å²) in [7, 11) is 1.70. The van der Waals surface area contributed by atoms with E-state index in [0.29, 0.717) is 25.1 Å². The molecule has 1 unspecified atom stereocenters. The van der Waals surface area contributed by atoms with Gasteiger partial charge in [0.1, 0.15) is 0 Å². The lowest BCUT2D eigenvalue weighted by Crippen LogP contribution is -2.44. The Morgan fingerprint density at radius 1 is 1.06 bits per heavy atom. The molecular weight excluding hydrogens is 390 g/mol. The first-order chi connectivity index (χ1) is 14.9. The van der Waals surface area contributed by atoms with Crippen molar-refractivity contribution in [1.82, 2.24) is 4.90 Å². The number of rotatable bonds is 7. The third-order valence-corrected chi connectivity index (χ3v) is 6.99. The van der Waals surface area contributed by atoms with E-state index in [2.05, 4.69) is 30.9 Å². The summed E-state index contributed by atoms with van der Waals surface area (Å²) in [4.78, 5) is 15.6. The van der Waals surface area contributed by atoms with Gasteiger partial charge in [-0.05, 0) is 82.9 Å². The molecule has 2 saturated carbocycles. The van der Waals surface area contributed by atoms with E-state index in [9.17, 15) is 4.79 Å². The molecular formula is C26H39NO4. The smallest absolute Gasteiger partial charge is 0.226 e. The molecule has 0 bridgehead atoms. The van der Waals surface area contributed by atoms with E-state index in [4.69, 9.17) is 14.2 Å². The lowest BCUT2D eigenvalue weighted by atomic mass is 9.87. The summed E-state index contributed by atoms with van der Waals surface area (Å²) >= 11 is 0. The van der Waals surface area contributed by atoms with Crippen molar-refractivity contribution < 1.29 is 19.0 Å². The second-order valence-electron chi connectivity index (χ2n) is 10.2. The standard InChI is InChI=1S/C26H39NO4/c1-26(2)17-20(14-15-30-26)25(28)27(21-11-12-21)18-19-10-13-23(29-3)24(16-19)31-22-8-6-4-5-7-9-22/h10,13,16,20-22H,4-9,11-12,14-15,17-18H2,1-3H3. The molecule has 1 saturated heterocycles. The maximum atomic E-state index is 13.4. The number of amides is 1. The van der Waals surface area contributed by atoms with E-state index >= 15 is 0 Å². The minimum Gasteiger partial charge on any atom is -0.493 e. The summed E-state index contributed by atoms with van der Waals surface area (Å²) < 4.78 is 17.8. The molecule has 1 aromatic rings. The van der Waals surface area contributed by atoms with Gasteiger partial charge in [-0.25, -0.2) is 0 Å². The van der Waals surface area contributed by atoms with Crippen LogP contribution < -0.4 is 9.47 Å². The molecule has 0 aromatic heterocycles. The zero-order chi connectivity index (χ0) is 21.8. The molecule has 3 aliphatic rings. The molecule has 0 spiro atoms. The Morgan fingerprint density at radius 2 is 1.81 bits per heavy atom. The van der Waals surface area contributed by atoms with Crippen LogP contribution in [0.25, 0.3) is 0 Å². The molecule has 1 atom stereocenters. The van der Waals surface area contributed by atoms with Crippen LogP contribution in [0, 0.1) is 5.92 Å². The Kier molecular flexibility index (Phi) is 7.10. The summed E-state index contributed by atoms with van der Waals surface area (Å²) in [5.41, 5.74) is 0.907. The summed E-state index contributed by atoms with van der Waals surface area (Å²) in [6.07, 6.45) is 11.4. The van der Waals surface area contributed by atoms with Crippen LogP contribution in [0.5, 0.6) is 11.5 Å². The van der Waals surface area contributed by atoms with E-state index in [1.807, 2.05) is 6.07 Å². The predicted molar refractivity (Wildman–Crippen MR) is 121 cm³/mol. The number of hydrogen-bond donors (Lipinski definition) is 0. The molecule has 3 fully saturated rings. The lowest BCUT2D eigenvalue weighted by molar-refractivity contribution is -0.146. The van der Waals surface area contributed by atoms with Crippen molar-refractivity contribution in [2.24, 2.45) is 5.92 Å². The fourth-order valence-corrected chi connectivity index (χ4v) is 5.10. The average Bonchev–Trinajstić information content (AvgIpc) is 3.59. The molecule has 5 nitrogen and oxygen atoms in total. The van der Waals surface area contributed by atoms with Crippen molar-refractivity contribution in [2.45, 2.75) is 102 Å². The first-order valence-electron chi connectivity index (χ1n) is 12.2. The topological polar surface area (TPSA) is 48.0 Å². The van der Waals surface area contributed by atoms with Crippen LogP contribution in [-0.2, 0) is 16.1 Å². The number of hydrogen-bond acceptors (Lipinski definition) is 4. The Bertz CT molecular complexity index is 750. The van der Waals surface area contributed by atoms with Gasteiger partial charge in [0.25, 0.3) is 0 Å². The van der Waals surface area contributed by atoms with Gasteiger partial charge in [0.2, 0.25) is 5.91 Å². The summed E-state index contributed by atoms with van der Waals surface area (Å²) in [6.45, 7) is 5.50. The van der Waals surface area contributed by atoms with Crippen LogP contribution in [0.1, 0.15) is 83.6 Å². The van der Waals surface area contributed by atoms with Crippen molar-refractivity contribution in [1.29, 1.82) is 0 Å². The highest BCUT2D eigenvalue weighted by molar-refractivity contribution is 5.79. The highest BCUT2D eigenvalue weighted by Gasteiger charge is 2.39. The van der Waals surface area contributed by atoms with Gasteiger partial charge in [-0.15, -0.1) is 0 Å². The quantitative estimate of drug-likeness (QED) is 0.538. The highest BCUT2D eigenvalue weighted by atomic mass is 16.5. The molecule has 4 rings (SSSR count). The number of nitrogens with zero attached hydrogens (tertiary/aromatic N) is 1. The van der Waals surface area contributed by atoms with Crippen molar-refractivity contribution in [2.75, 3.05) is 13.7 Å². The second-order valence-corrected chi connectivity index (χ2v) is 10.2. The summed E-state index contributed by atoms with van der Waals surface area (Å²) in [6, 6.07) is 6.55. The van der Waals surface area contributed by atoms with Gasteiger partial charge in [-0.3, -0.25) is 4.79 Å². The minimum atomic E-state index is -0.215. The number of carbonyl (C=O) groups excluding carboxylic acids is 1. The van der Waals surface area contributed by atoms with Crippen molar-refractivity contribution >= 4 is 5.91 Å². The van der Waals surface area contributed by atoms with Gasteiger partial charge >= 0.3 is 0 Å². The summed E-state index contributed by atoms with van der Waals surface area (Å²) in [5.74, 6) is 1.95. The largest absolute Gasteiger partial charge is 0.493 e. The molecule has 2 aliphatic carbocycles. The van der Waals surface area contributed by atoms with Gasteiger partial charge in [0, 0.05) is 25.1 Å². The Morgan fingerprint density at radius 3 is 2.45 bits per heavy atom. The zero-order valence-electron chi connectivity index (χ0n) is 19.5. The number of ether oxygens (including phenoxy) is 3. The van der Waals surface area contributed by atoms with Crippen LogP contribution in [-0.4, -0.2) is 42.3 Å². The molecule has 0 N–H and O–H groups in total. The molecule has 0 radical (unpaired) electrons. The monoisotopic (exact) mass is 429 g/mol. The van der Waals surface area contributed by atoms with E-state index in [1.54, 1.807) is 7.11 Å². The lowest BCUT2D eigenvalue weighted by Gasteiger charge is -2.37. The van der Waals surface area contributed by atoms with Crippen LogP contribution in [0.4, 0.5) is 0 Å². The normalized spacial score (nSPS) is 24.3. The highest BCUT2D eigenvalue weighted by Crippen LogP contribution is 2.37. The summed E-state index contributed by atoms with van der Waals surface area (Å²) in [5, 5.41) is 0. The number of benzene rings is 1. The van der Waals surface area contributed by atoms with Crippen molar-refractivity contribution in [3.63, 3.8) is 0 Å². The molecule has 5 heteroatoms. The molecule has 1 heterocycles. The van der Waals surface area contributed by atoms with Crippen LogP contribution in [0.3, 0.4) is 0 Å². The van der Waals surface area contributed by atoms with Gasteiger partial charge in [-0.2, -0.15) is 0 Å². The molecule has 1 aliphatic heterocycles. The van der Waals surface area contributed by atoms with Crippen LogP contribution >= 0.6 is 0 Å². The molecule has 1 amide bonds. The Balaban J connectivity index is 1.47. The predicted octanol–water partition coefficient (Wildman–Crippen LogP) is 5.49. The van der Waals surface area contributed by atoms with Crippen LogP contribution in [0.2, 0.25) is 0 Å². The maximum Gasteiger partial charge on any atom is 0.226 e. The third kappa shape index (κ3) is 5.94. The van der Waals surface area contributed by atoms with E-state index in [0.717, 1.165) is 55.6 Å². The Labute approximate surface area is 187 Å². The van der Waals surface area contributed by atoms with E-state index in [1.165, 1.54) is 25.7 Å². The van der Waals surface area contributed by atoms with E-state index < -0.39 is 0 Å².